The fraction of sp³-hybridized carbons (Fsp3) is 0.105. The van der Waals surface area contributed by atoms with Crippen LogP contribution in [0.5, 0.6) is 5.75 Å². The molecule has 0 bridgehead atoms. The van der Waals surface area contributed by atoms with Crippen LogP contribution in [0, 0.1) is 13.8 Å². The first-order valence-electron chi connectivity index (χ1n) is 7.68. The first-order chi connectivity index (χ1) is 12.3. The van der Waals surface area contributed by atoms with Gasteiger partial charge in [0.25, 0.3) is 0 Å². The Labute approximate surface area is 159 Å². The Hall–Kier alpha value is -2.38. The van der Waals surface area contributed by atoms with E-state index < -0.39 is 15.8 Å². The van der Waals surface area contributed by atoms with Crippen LogP contribution in [0.2, 0.25) is 0 Å². The maximum atomic E-state index is 12.6. The molecule has 26 heavy (non-hydrogen) atoms. The second kappa shape index (κ2) is 7.09. The summed E-state index contributed by atoms with van der Waals surface area (Å²) in [5, 5.41) is -0.312. The number of esters is 1. The van der Waals surface area contributed by atoms with Crippen LogP contribution >= 0.6 is 15.9 Å². The van der Waals surface area contributed by atoms with Crippen molar-refractivity contribution in [1.82, 2.24) is 0 Å². The molecule has 7 heteroatoms. The van der Waals surface area contributed by atoms with E-state index in [0.717, 1.165) is 15.6 Å². The number of rotatable bonds is 4. The third-order valence-corrected chi connectivity index (χ3v) is 6.10. The molecule has 1 heterocycles. The molecule has 5 nitrogen and oxygen atoms in total. The van der Waals surface area contributed by atoms with Crippen LogP contribution in [-0.4, -0.2) is 14.4 Å². The highest BCUT2D eigenvalue weighted by molar-refractivity contribution is 9.10. The van der Waals surface area contributed by atoms with Crippen molar-refractivity contribution in [3.63, 3.8) is 0 Å². The molecule has 0 amide bonds. The Kier molecular flexibility index (Phi) is 5.02. The number of hydrogen-bond donors (Lipinski definition) is 0. The average Bonchev–Trinajstić information content (AvgIpc) is 3.10. The highest BCUT2D eigenvalue weighted by Gasteiger charge is 2.24. The van der Waals surface area contributed by atoms with E-state index in [2.05, 4.69) is 15.9 Å². The Morgan fingerprint density at radius 2 is 1.69 bits per heavy atom. The van der Waals surface area contributed by atoms with Crippen LogP contribution in [0.25, 0.3) is 0 Å². The van der Waals surface area contributed by atoms with Gasteiger partial charge < -0.3 is 9.15 Å². The number of hydrogen-bond acceptors (Lipinski definition) is 5. The predicted octanol–water partition coefficient (Wildman–Crippen LogP) is 4.71. The van der Waals surface area contributed by atoms with Gasteiger partial charge in [-0.2, -0.15) is 0 Å². The van der Waals surface area contributed by atoms with E-state index in [1.165, 1.54) is 24.3 Å². The molecule has 3 rings (SSSR count). The molecule has 0 fully saturated rings. The summed E-state index contributed by atoms with van der Waals surface area (Å²) >= 11 is 3.25. The zero-order chi connectivity index (χ0) is 18.9. The molecule has 0 saturated carbocycles. The minimum absolute atomic E-state index is 0.0736. The molecule has 0 spiro atoms. The Morgan fingerprint density at radius 1 is 1.00 bits per heavy atom. The quantitative estimate of drug-likeness (QED) is 0.438. The summed E-state index contributed by atoms with van der Waals surface area (Å²) in [5.74, 6) is -0.527. The number of carbonyl (C=O) groups is 1. The van der Waals surface area contributed by atoms with Crippen molar-refractivity contribution in [3.8, 4) is 5.75 Å². The second-order valence-corrected chi connectivity index (χ2v) is 8.46. The van der Waals surface area contributed by atoms with Gasteiger partial charge in [-0.05, 0) is 67.4 Å². The number of carbonyl (C=O) groups excluding carboxylic acids is 1. The summed E-state index contributed by atoms with van der Waals surface area (Å²) in [7, 11) is -3.85. The fourth-order valence-electron chi connectivity index (χ4n) is 2.29. The van der Waals surface area contributed by atoms with Gasteiger partial charge in [-0.1, -0.05) is 28.1 Å². The van der Waals surface area contributed by atoms with Gasteiger partial charge in [0.2, 0.25) is 20.7 Å². The molecule has 0 saturated heterocycles. The number of sulfone groups is 1. The van der Waals surface area contributed by atoms with E-state index in [-0.39, 0.29) is 15.7 Å². The fourth-order valence-corrected chi connectivity index (χ4v) is 3.73. The third-order valence-electron chi connectivity index (χ3n) is 3.93. The molecule has 0 aliphatic rings. The minimum Gasteiger partial charge on any atom is -0.437 e. The summed E-state index contributed by atoms with van der Waals surface area (Å²) in [4.78, 5) is 12.4. The van der Waals surface area contributed by atoms with E-state index in [0.29, 0.717) is 5.75 Å². The van der Waals surface area contributed by atoms with Crippen LogP contribution in [0.3, 0.4) is 0 Å². The summed E-state index contributed by atoms with van der Waals surface area (Å²) < 4.78 is 36.5. The summed E-state index contributed by atoms with van der Waals surface area (Å²) in [6.07, 6.45) is 0. The smallest absolute Gasteiger partial charge is 0.379 e. The number of furan rings is 1. The first kappa shape index (κ1) is 18.4. The highest BCUT2D eigenvalue weighted by atomic mass is 79.9. The predicted molar refractivity (Wildman–Crippen MR) is 99.2 cm³/mol. The minimum atomic E-state index is -3.85. The Balaban J connectivity index is 1.86. The number of aryl methyl sites for hydroxylation is 1. The lowest BCUT2D eigenvalue weighted by Crippen LogP contribution is -2.08. The van der Waals surface area contributed by atoms with Gasteiger partial charge in [-0.3, -0.25) is 0 Å². The molecule has 0 aliphatic heterocycles. The van der Waals surface area contributed by atoms with Gasteiger partial charge in [0, 0.05) is 4.47 Å². The van der Waals surface area contributed by atoms with Crippen LogP contribution in [0.15, 0.2) is 73.5 Å². The van der Waals surface area contributed by atoms with Gasteiger partial charge in [0.05, 0.1) is 4.90 Å². The Bertz CT molecular complexity index is 1070. The average molecular weight is 435 g/mol. The molecule has 0 unspecified atom stereocenters. The van der Waals surface area contributed by atoms with Crippen LogP contribution < -0.4 is 4.74 Å². The van der Waals surface area contributed by atoms with Gasteiger partial charge in [0.1, 0.15) is 5.75 Å². The summed E-state index contributed by atoms with van der Waals surface area (Å²) in [5.41, 5.74) is 1.81. The van der Waals surface area contributed by atoms with Gasteiger partial charge in [-0.15, -0.1) is 0 Å². The first-order valence-corrected chi connectivity index (χ1v) is 9.95. The van der Waals surface area contributed by atoms with Gasteiger partial charge in [0.15, 0.2) is 0 Å². The topological polar surface area (TPSA) is 73.6 Å². The molecule has 0 radical (unpaired) electrons. The number of ether oxygens (including phenoxy) is 1. The van der Waals surface area contributed by atoms with Gasteiger partial charge in [-0.25, -0.2) is 13.2 Å². The van der Waals surface area contributed by atoms with E-state index in [1.807, 2.05) is 19.9 Å². The van der Waals surface area contributed by atoms with Crippen molar-refractivity contribution in [3.05, 3.63) is 76.0 Å². The zero-order valence-electron chi connectivity index (χ0n) is 14.0. The van der Waals surface area contributed by atoms with Crippen molar-refractivity contribution in [2.75, 3.05) is 0 Å². The maximum Gasteiger partial charge on any atom is 0.379 e. The molecule has 0 atom stereocenters. The van der Waals surface area contributed by atoms with Crippen molar-refractivity contribution < 1.29 is 22.4 Å². The lowest BCUT2D eigenvalue weighted by Gasteiger charge is -2.07. The second-order valence-electron chi connectivity index (χ2n) is 5.66. The molecule has 134 valence electrons. The van der Waals surface area contributed by atoms with E-state index in [4.69, 9.17) is 9.15 Å². The normalized spacial score (nSPS) is 11.3. The lowest BCUT2D eigenvalue weighted by atomic mass is 10.1. The third kappa shape index (κ3) is 3.59. The molecular formula is C19H15BrO5S. The summed E-state index contributed by atoms with van der Waals surface area (Å²) in [6, 6.07) is 14.0. The van der Waals surface area contributed by atoms with Crippen molar-refractivity contribution >= 4 is 31.7 Å². The number of halogens is 1. The largest absolute Gasteiger partial charge is 0.437 e. The lowest BCUT2D eigenvalue weighted by molar-refractivity contribution is 0.0694. The van der Waals surface area contributed by atoms with Gasteiger partial charge >= 0.3 is 5.97 Å². The van der Waals surface area contributed by atoms with E-state index >= 15 is 0 Å². The monoisotopic (exact) mass is 434 g/mol. The molecule has 3 aromatic rings. The molecule has 0 aliphatic carbocycles. The standard InChI is InChI=1S/C19H15BrO5S/c1-12-4-3-5-16(13(12)2)25-19(21)17-10-11-18(24-17)26(22,23)15-8-6-14(20)7-9-15/h3-11H,1-2H3. The maximum absolute atomic E-state index is 12.6. The molecule has 2 aromatic carbocycles. The van der Waals surface area contributed by atoms with Crippen LogP contribution in [0.4, 0.5) is 0 Å². The van der Waals surface area contributed by atoms with E-state index in [1.54, 1.807) is 24.3 Å². The Morgan fingerprint density at radius 3 is 2.38 bits per heavy atom. The number of benzene rings is 2. The van der Waals surface area contributed by atoms with Crippen molar-refractivity contribution in [2.24, 2.45) is 0 Å². The highest BCUT2D eigenvalue weighted by Crippen LogP contribution is 2.26. The SMILES string of the molecule is Cc1cccc(OC(=O)c2ccc(S(=O)(=O)c3ccc(Br)cc3)o2)c1C. The molecule has 0 N–H and O–H groups in total. The molecule has 1 aromatic heterocycles. The van der Waals surface area contributed by atoms with Crippen LogP contribution in [-0.2, 0) is 9.84 Å². The summed E-state index contributed by atoms with van der Waals surface area (Å²) in [6.45, 7) is 3.74. The van der Waals surface area contributed by atoms with Crippen molar-refractivity contribution in [2.45, 2.75) is 23.8 Å². The van der Waals surface area contributed by atoms with Crippen molar-refractivity contribution in [1.29, 1.82) is 0 Å². The molecular weight excluding hydrogens is 420 g/mol. The zero-order valence-corrected chi connectivity index (χ0v) is 16.4. The van der Waals surface area contributed by atoms with E-state index in [9.17, 15) is 13.2 Å². The van der Waals surface area contributed by atoms with Crippen LogP contribution in [0.1, 0.15) is 21.7 Å².